The summed E-state index contributed by atoms with van der Waals surface area (Å²) in [6.45, 7) is 3.45. The molecule has 8 heteroatoms. The molecule has 0 bridgehead atoms. The van der Waals surface area contributed by atoms with Crippen molar-refractivity contribution in [2.75, 3.05) is 5.32 Å². The number of rotatable bonds is 4. The second-order valence-corrected chi connectivity index (χ2v) is 6.21. The van der Waals surface area contributed by atoms with Crippen molar-refractivity contribution in [3.05, 3.63) is 69.2 Å². The third-order valence-electron chi connectivity index (χ3n) is 3.63. The van der Waals surface area contributed by atoms with Crippen LogP contribution in [0, 0.1) is 6.92 Å². The fourth-order valence-corrected chi connectivity index (χ4v) is 2.49. The summed E-state index contributed by atoms with van der Waals surface area (Å²) in [5.74, 6) is -0.0318. The van der Waals surface area contributed by atoms with Crippen molar-refractivity contribution in [1.29, 1.82) is 0 Å². The second-order valence-electron chi connectivity index (χ2n) is 5.78. The molecule has 26 heavy (non-hydrogen) atoms. The molecule has 1 N–H and O–H groups in total. The number of hydrogen-bond acceptors (Lipinski definition) is 5. The molecular formula is C18H16ClN5O2. The number of anilines is 1. The highest BCUT2D eigenvalue weighted by Crippen LogP contribution is 2.16. The number of amides is 1. The lowest BCUT2D eigenvalue weighted by atomic mass is 10.2. The van der Waals surface area contributed by atoms with E-state index in [0.717, 1.165) is 5.56 Å². The third-order valence-corrected chi connectivity index (χ3v) is 3.89. The molecule has 0 atom stereocenters. The number of aryl methyl sites for hydroxylation is 1. The molecule has 2 aromatic heterocycles. The number of carbonyl (C=O) groups is 1. The van der Waals surface area contributed by atoms with Gasteiger partial charge in [0.05, 0.1) is 12.2 Å². The van der Waals surface area contributed by atoms with Gasteiger partial charge >= 0.3 is 0 Å². The van der Waals surface area contributed by atoms with Gasteiger partial charge in [0.2, 0.25) is 11.9 Å². The molecule has 2 heterocycles. The van der Waals surface area contributed by atoms with Crippen molar-refractivity contribution in [3.8, 4) is 11.3 Å². The van der Waals surface area contributed by atoms with Crippen LogP contribution in [0.4, 0.5) is 5.95 Å². The minimum atomic E-state index is -0.247. The largest absolute Gasteiger partial charge is 0.295 e. The number of carbonyl (C=O) groups excluding carboxylic acids is 1. The van der Waals surface area contributed by atoms with Crippen LogP contribution in [0.5, 0.6) is 0 Å². The molecule has 0 fully saturated rings. The molecule has 0 radical (unpaired) electrons. The van der Waals surface area contributed by atoms with Gasteiger partial charge in [-0.3, -0.25) is 14.9 Å². The van der Waals surface area contributed by atoms with Crippen LogP contribution in [0.15, 0.2) is 47.5 Å². The predicted molar refractivity (Wildman–Crippen MR) is 99.1 cm³/mol. The molecule has 0 saturated carbocycles. The van der Waals surface area contributed by atoms with Gasteiger partial charge in [0.25, 0.3) is 5.56 Å². The second kappa shape index (κ2) is 7.45. The Labute approximate surface area is 154 Å². The van der Waals surface area contributed by atoms with E-state index in [2.05, 4.69) is 20.4 Å². The summed E-state index contributed by atoms with van der Waals surface area (Å²) in [5, 5.41) is 7.56. The van der Waals surface area contributed by atoms with Gasteiger partial charge in [0.1, 0.15) is 0 Å². The average molecular weight is 370 g/mol. The van der Waals surface area contributed by atoms with Crippen LogP contribution in [0.3, 0.4) is 0 Å². The molecular weight excluding hydrogens is 354 g/mol. The lowest BCUT2D eigenvalue weighted by Crippen LogP contribution is -2.25. The van der Waals surface area contributed by atoms with E-state index in [9.17, 15) is 9.59 Å². The maximum Gasteiger partial charge on any atom is 0.270 e. The molecule has 3 aromatic rings. The molecule has 3 rings (SSSR count). The first-order valence-electron chi connectivity index (χ1n) is 7.85. The maximum atomic E-state index is 12.4. The van der Waals surface area contributed by atoms with Crippen LogP contribution in [0.2, 0.25) is 5.02 Å². The fraction of sp³-hybridized carbons (Fsp3) is 0.167. The molecule has 132 valence electrons. The lowest BCUT2D eigenvalue weighted by molar-refractivity contribution is -0.114. The summed E-state index contributed by atoms with van der Waals surface area (Å²) in [7, 11) is 0. The van der Waals surface area contributed by atoms with E-state index in [1.165, 1.54) is 11.6 Å². The Morgan fingerprint density at radius 3 is 2.46 bits per heavy atom. The van der Waals surface area contributed by atoms with Crippen molar-refractivity contribution in [1.82, 2.24) is 19.7 Å². The number of hydrogen-bond donors (Lipinski definition) is 1. The van der Waals surface area contributed by atoms with Crippen LogP contribution in [-0.4, -0.2) is 25.7 Å². The Balaban J connectivity index is 1.93. The zero-order valence-corrected chi connectivity index (χ0v) is 15.0. The number of benzene rings is 1. The normalized spacial score (nSPS) is 10.6. The van der Waals surface area contributed by atoms with Crippen molar-refractivity contribution < 1.29 is 4.79 Å². The van der Waals surface area contributed by atoms with E-state index in [4.69, 9.17) is 11.6 Å². The Kier molecular flexibility index (Phi) is 5.09. The highest BCUT2D eigenvalue weighted by atomic mass is 35.5. The van der Waals surface area contributed by atoms with Gasteiger partial charge < -0.3 is 0 Å². The Bertz CT molecular complexity index is 998. The minimum Gasteiger partial charge on any atom is -0.295 e. The number of halogens is 1. The molecule has 0 aliphatic rings. The molecule has 0 aliphatic heterocycles. The fourth-order valence-electron chi connectivity index (χ4n) is 2.37. The van der Waals surface area contributed by atoms with Crippen molar-refractivity contribution >= 4 is 23.5 Å². The standard InChI is InChI=1S/C18H16ClN5O2/c1-11-7-16(14-8-20-18(21-9-14)22-12(2)25)23-24(17(11)26)10-13-3-5-15(19)6-4-13/h3-9H,10H2,1-2H3,(H,20,21,22,25). The van der Waals surface area contributed by atoms with Gasteiger partial charge in [0.15, 0.2) is 0 Å². The van der Waals surface area contributed by atoms with E-state index >= 15 is 0 Å². The van der Waals surface area contributed by atoms with E-state index < -0.39 is 0 Å². The van der Waals surface area contributed by atoms with Crippen molar-refractivity contribution in [2.45, 2.75) is 20.4 Å². The lowest BCUT2D eigenvalue weighted by Gasteiger charge is -2.09. The van der Waals surface area contributed by atoms with E-state index in [1.54, 1.807) is 37.5 Å². The SMILES string of the molecule is CC(=O)Nc1ncc(-c2cc(C)c(=O)n(Cc3ccc(Cl)cc3)n2)cn1. The van der Waals surface area contributed by atoms with Crippen LogP contribution in [0.1, 0.15) is 18.1 Å². The van der Waals surface area contributed by atoms with Gasteiger partial charge in [0, 0.05) is 35.5 Å². The highest BCUT2D eigenvalue weighted by Gasteiger charge is 2.09. The topological polar surface area (TPSA) is 89.8 Å². The summed E-state index contributed by atoms with van der Waals surface area (Å²) in [6.07, 6.45) is 3.11. The zero-order chi connectivity index (χ0) is 18.7. The van der Waals surface area contributed by atoms with E-state index in [1.807, 2.05) is 12.1 Å². The number of aromatic nitrogens is 4. The maximum absolute atomic E-state index is 12.4. The van der Waals surface area contributed by atoms with Crippen LogP contribution < -0.4 is 10.9 Å². The minimum absolute atomic E-state index is 0.167. The number of nitrogens with zero attached hydrogens (tertiary/aromatic N) is 4. The van der Waals surface area contributed by atoms with Gasteiger partial charge in [-0.25, -0.2) is 14.6 Å². The monoisotopic (exact) mass is 369 g/mol. The quantitative estimate of drug-likeness (QED) is 0.763. The van der Waals surface area contributed by atoms with E-state index in [-0.39, 0.29) is 17.4 Å². The van der Waals surface area contributed by atoms with Crippen LogP contribution >= 0.6 is 11.6 Å². The van der Waals surface area contributed by atoms with E-state index in [0.29, 0.717) is 28.4 Å². The molecule has 0 aliphatic carbocycles. The average Bonchev–Trinajstić information content (AvgIpc) is 2.61. The van der Waals surface area contributed by atoms with Crippen molar-refractivity contribution in [2.24, 2.45) is 0 Å². The number of nitrogens with one attached hydrogen (secondary N) is 1. The molecule has 0 spiro atoms. The highest BCUT2D eigenvalue weighted by molar-refractivity contribution is 6.30. The Morgan fingerprint density at radius 1 is 1.19 bits per heavy atom. The molecule has 1 amide bonds. The summed E-state index contributed by atoms with van der Waals surface area (Å²) in [6, 6.07) is 8.94. The Hall–Kier alpha value is -3.06. The molecule has 1 aromatic carbocycles. The van der Waals surface area contributed by atoms with Crippen LogP contribution in [0.25, 0.3) is 11.3 Å². The first-order chi connectivity index (χ1) is 12.4. The molecule has 7 nitrogen and oxygen atoms in total. The van der Waals surface area contributed by atoms with Gasteiger partial charge in [-0.15, -0.1) is 0 Å². The van der Waals surface area contributed by atoms with Gasteiger partial charge in [-0.2, -0.15) is 5.10 Å². The summed E-state index contributed by atoms with van der Waals surface area (Å²) in [5.41, 5.74) is 2.53. The van der Waals surface area contributed by atoms with Crippen LogP contribution in [-0.2, 0) is 11.3 Å². The summed E-state index contributed by atoms with van der Waals surface area (Å²) < 4.78 is 1.40. The van der Waals surface area contributed by atoms with Gasteiger partial charge in [-0.1, -0.05) is 23.7 Å². The molecule has 0 unspecified atom stereocenters. The first-order valence-corrected chi connectivity index (χ1v) is 8.23. The summed E-state index contributed by atoms with van der Waals surface area (Å²) in [4.78, 5) is 31.6. The Morgan fingerprint density at radius 2 is 1.85 bits per heavy atom. The zero-order valence-electron chi connectivity index (χ0n) is 14.2. The third kappa shape index (κ3) is 4.12. The van der Waals surface area contributed by atoms with Gasteiger partial charge in [-0.05, 0) is 30.7 Å². The smallest absolute Gasteiger partial charge is 0.270 e. The first kappa shape index (κ1) is 17.8. The van der Waals surface area contributed by atoms with Crippen molar-refractivity contribution in [3.63, 3.8) is 0 Å². The molecule has 0 saturated heterocycles. The predicted octanol–water partition coefficient (Wildman–Crippen LogP) is 2.67. The summed E-state index contributed by atoms with van der Waals surface area (Å²) >= 11 is 5.90.